The van der Waals surface area contributed by atoms with Gasteiger partial charge in [-0.15, -0.1) is 0 Å². The van der Waals surface area contributed by atoms with Crippen LogP contribution in [-0.2, 0) is 11.3 Å². The SMILES string of the molecule is COCCn1c(C)cc(C(=O)CN2CCCCCC2c2ccc(OC)cc2)c1C. The minimum Gasteiger partial charge on any atom is -0.497 e. The van der Waals surface area contributed by atoms with Gasteiger partial charge in [-0.25, -0.2) is 0 Å². The molecule has 1 aliphatic rings. The van der Waals surface area contributed by atoms with Crippen LogP contribution in [0.4, 0.5) is 0 Å². The van der Waals surface area contributed by atoms with Crippen LogP contribution in [0.5, 0.6) is 5.75 Å². The summed E-state index contributed by atoms with van der Waals surface area (Å²) in [6.45, 7) is 6.95. The predicted molar refractivity (Wildman–Crippen MR) is 116 cm³/mol. The highest BCUT2D eigenvalue weighted by Crippen LogP contribution is 2.31. The lowest BCUT2D eigenvalue weighted by Crippen LogP contribution is -2.34. The lowest BCUT2D eigenvalue weighted by Gasteiger charge is -2.30. The topological polar surface area (TPSA) is 43.7 Å². The molecular weight excluding hydrogens is 364 g/mol. The van der Waals surface area contributed by atoms with Crippen molar-refractivity contribution in [2.75, 3.05) is 33.9 Å². The molecule has 158 valence electrons. The summed E-state index contributed by atoms with van der Waals surface area (Å²) in [6, 6.07) is 10.6. The minimum absolute atomic E-state index is 0.210. The van der Waals surface area contributed by atoms with Crippen molar-refractivity contribution in [1.29, 1.82) is 0 Å². The molecule has 1 fully saturated rings. The van der Waals surface area contributed by atoms with Gasteiger partial charge in [-0.2, -0.15) is 0 Å². The molecule has 0 saturated carbocycles. The zero-order chi connectivity index (χ0) is 20.8. The number of Topliss-reactive ketones (excluding diaryl/α,β-unsaturated/α-hetero) is 1. The molecule has 1 aromatic heterocycles. The van der Waals surface area contributed by atoms with Gasteiger partial charge < -0.3 is 14.0 Å². The Morgan fingerprint density at radius 1 is 1.10 bits per heavy atom. The molecule has 5 nitrogen and oxygen atoms in total. The van der Waals surface area contributed by atoms with E-state index in [1.54, 1.807) is 14.2 Å². The zero-order valence-corrected chi connectivity index (χ0v) is 18.2. The van der Waals surface area contributed by atoms with Crippen molar-refractivity contribution >= 4 is 5.78 Å². The molecule has 2 heterocycles. The maximum atomic E-state index is 13.3. The molecule has 1 unspecified atom stereocenters. The Labute approximate surface area is 174 Å². The maximum Gasteiger partial charge on any atom is 0.178 e. The second kappa shape index (κ2) is 10.1. The molecule has 0 amide bonds. The Hall–Kier alpha value is -2.11. The van der Waals surface area contributed by atoms with Crippen LogP contribution in [0, 0.1) is 13.8 Å². The molecule has 0 aliphatic carbocycles. The molecule has 29 heavy (non-hydrogen) atoms. The number of aromatic nitrogens is 1. The van der Waals surface area contributed by atoms with Crippen molar-refractivity contribution in [2.45, 2.75) is 52.1 Å². The Morgan fingerprint density at radius 2 is 1.86 bits per heavy atom. The fraction of sp³-hybridized carbons (Fsp3) is 0.542. The van der Waals surface area contributed by atoms with E-state index in [9.17, 15) is 4.79 Å². The Balaban J connectivity index is 1.79. The molecule has 1 saturated heterocycles. The summed E-state index contributed by atoms with van der Waals surface area (Å²) in [5, 5.41) is 0. The van der Waals surface area contributed by atoms with E-state index in [0.29, 0.717) is 13.2 Å². The first-order chi connectivity index (χ1) is 14.0. The normalized spacial score (nSPS) is 17.9. The molecule has 1 aromatic carbocycles. The molecule has 0 N–H and O–H groups in total. The summed E-state index contributed by atoms with van der Waals surface area (Å²) in [4.78, 5) is 15.6. The summed E-state index contributed by atoms with van der Waals surface area (Å²) in [7, 11) is 3.40. The van der Waals surface area contributed by atoms with E-state index in [2.05, 4.69) is 28.5 Å². The highest BCUT2D eigenvalue weighted by atomic mass is 16.5. The number of nitrogens with zero attached hydrogens (tertiary/aromatic N) is 2. The summed E-state index contributed by atoms with van der Waals surface area (Å²) in [5.41, 5.74) is 4.27. The molecule has 1 aliphatic heterocycles. The van der Waals surface area contributed by atoms with Gasteiger partial charge in [0.1, 0.15) is 5.75 Å². The summed E-state index contributed by atoms with van der Waals surface area (Å²) < 4.78 is 12.7. The van der Waals surface area contributed by atoms with Gasteiger partial charge >= 0.3 is 0 Å². The number of rotatable bonds is 8. The van der Waals surface area contributed by atoms with Crippen LogP contribution in [0.1, 0.15) is 59.0 Å². The van der Waals surface area contributed by atoms with E-state index >= 15 is 0 Å². The Morgan fingerprint density at radius 3 is 2.55 bits per heavy atom. The lowest BCUT2D eigenvalue weighted by atomic mass is 10.00. The third kappa shape index (κ3) is 5.09. The second-order valence-corrected chi connectivity index (χ2v) is 7.96. The average molecular weight is 399 g/mol. The molecule has 0 radical (unpaired) electrons. The van der Waals surface area contributed by atoms with E-state index in [1.165, 1.54) is 18.4 Å². The smallest absolute Gasteiger partial charge is 0.178 e. The zero-order valence-electron chi connectivity index (χ0n) is 18.2. The summed E-state index contributed by atoms with van der Waals surface area (Å²) in [5.74, 6) is 1.08. The quantitative estimate of drug-likeness (QED) is 0.612. The number of aryl methyl sites for hydroxylation is 1. The molecule has 1 atom stereocenters. The van der Waals surface area contributed by atoms with E-state index in [-0.39, 0.29) is 11.8 Å². The van der Waals surface area contributed by atoms with E-state index in [1.807, 2.05) is 25.1 Å². The number of hydrogen-bond acceptors (Lipinski definition) is 4. The van der Waals surface area contributed by atoms with Gasteiger partial charge in [-0.3, -0.25) is 9.69 Å². The number of benzene rings is 1. The highest BCUT2D eigenvalue weighted by Gasteiger charge is 2.26. The van der Waals surface area contributed by atoms with Crippen LogP contribution in [0.15, 0.2) is 30.3 Å². The first-order valence-electron chi connectivity index (χ1n) is 10.6. The van der Waals surface area contributed by atoms with Crippen LogP contribution in [0.3, 0.4) is 0 Å². The summed E-state index contributed by atoms with van der Waals surface area (Å²) >= 11 is 0. The molecule has 0 bridgehead atoms. The highest BCUT2D eigenvalue weighted by molar-refractivity contribution is 5.99. The Kier molecular flexibility index (Phi) is 7.51. The fourth-order valence-electron chi connectivity index (χ4n) is 4.44. The standard InChI is InChI=1S/C24H34N2O3/c1-18-16-22(19(2)26(18)14-15-28-3)24(27)17-25-13-7-5-6-8-23(25)20-9-11-21(29-4)12-10-20/h9-12,16,23H,5-8,13-15,17H2,1-4H3. The molecule has 2 aromatic rings. The summed E-state index contributed by atoms with van der Waals surface area (Å²) in [6.07, 6.45) is 4.66. The van der Waals surface area contributed by atoms with Crippen LogP contribution < -0.4 is 4.74 Å². The van der Waals surface area contributed by atoms with Gasteiger partial charge in [-0.05, 0) is 57.0 Å². The number of carbonyl (C=O) groups is 1. The van der Waals surface area contributed by atoms with Crippen molar-refractivity contribution in [2.24, 2.45) is 0 Å². The number of ether oxygens (including phenoxy) is 2. The number of methoxy groups -OCH3 is 2. The monoisotopic (exact) mass is 398 g/mol. The second-order valence-electron chi connectivity index (χ2n) is 7.96. The fourth-order valence-corrected chi connectivity index (χ4v) is 4.44. The molecule has 5 heteroatoms. The Bertz CT molecular complexity index is 810. The van der Waals surface area contributed by atoms with Crippen molar-refractivity contribution in [3.05, 3.63) is 52.8 Å². The van der Waals surface area contributed by atoms with Crippen LogP contribution in [0.25, 0.3) is 0 Å². The van der Waals surface area contributed by atoms with Gasteiger partial charge in [0.25, 0.3) is 0 Å². The van der Waals surface area contributed by atoms with Crippen LogP contribution in [0.2, 0.25) is 0 Å². The van der Waals surface area contributed by atoms with Crippen molar-refractivity contribution in [1.82, 2.24) is 9.47 Å². The first-order valence-corrected chi connectivity index (χ1v) is 10.6. The van der Waals surface area contributed by atoms with Crippen molar-refractivity contribution in [3.8, 4) is 5.75 Å². The van der Waals surface area contributed by atoms with Gasteiger partial charge in [-0.1, -0.05) is 25.0 Å². The number of hydrogen-bond donors (Lipinski definition) is 0. The predicted octanol–water partition coefficient (Wildman–Crippen LogP) is 4.56. The van der Waals surface area contributed by atoms with Crippen molar-refractivity contribution in [3.63, 3.8) is 0 Å². The largest absolute Gasteiger partial charge is 0.497 e. The van der Waals surface area contributed by atoms with Gasteiger partial charge in [0, 0.05) is 36.6 Å². The van der Waals surface area contributed by atoms with E-state index in [0.717, 1.165) is 48.6 Å². The maximum absolute atomic E-state index is 13.3. The molecular formula is C24H34N2O3. The third-order valence-corrected chi connectivity index (χ3v) is 6.10. The number of ketones is 1. The molecule has 0 spiro atoms. The van der Waals surface area contributed by atoms with Crippen LogP contribution in [-0.4, -0.2) is 49.2 Å². The van der Waals surface area contributed by atoms with Crippen LogP contribution >= 0.6 is 0 Å². The van der Waals surface area contributed by atoms with E-state index in [4.69, 9.17) is 9.47 Å². The first kappa shape index (κ1) is 21.6. The number of carbonyl (C=O) groups excluding carboxylic acids is 1. The lowest BCUT2D eigenvalue weighted by molar-refractivity contribution is 0.0892. The number of likely N-dealkylation sites (tertiary alicyclic amines) is 1. The average Bonchev–Trinajstić information content (AvgIpc) is 2.88. The van der Waals surface area contributed by atoms with Gasteiger partial charge in [0.15, 0.2) is 5.78 Å². The minimum atomic E-state index is 0.210. The third-order valence-electron chi connectivity index (χ3n) is 6.10. The van der Waals surface area contributed by atoms with E-state index < -0.39 is 0 Å². The van der Waals surface area contributed by atoms with Crippen molar-refractivity contribution < 1.29 is 14.3 Å². The van der Waals surface area contributed by atoms with Gasteiger partial charge in [0.2, 0.25) is 0 Å². The van der Waals surface area contributed by atoms with Gasteiger partial charge in [0.05, 0.1) is 20.3 Å². The molecule has 3 rings (SSSR count).